The van der Waals surface area contributed by atoms with Crippen LogP contribution >= 0.6 is 11.6 Å². The summed E-state index contributed by atoms with van der Waals surface area (Å²) in [6.45, 7) is 6.19. The number of likely N-dealkylation sites (N-methyl/N-ethyl adjacent to an activating group) is 1. The monoisotopic (exact) mass is 721 g/mol. The first-order valence-electron chi connectivity index (χ1n) is 16.2. The van der Waals surface area contributed by atoms with E-state index >= 15 is 4.39 Å². The molecule has 2 saturated heterocycles. The van der Waals surface area contributed by atoms with Crippen LogP contribution in [0.1, 0.15) is 50.7 Å². The number of nitrogens with zero attached hydrogens (tertiary/aromatic N) is 8. The van der Waals surface area contributed by atoms with Crippen molar-refractivity contribution in [1.82, 2.24) is 34.3 Å². The molecule has 2 aliphatic rings. The molecular formula is C33H37ClF5N9O2. The van der Waals surface area contributed by atoms with Crippen molar-refractivity contribution >= 4 is 40.2 Å². The number of aromatic nitrogens is 5. The minimum Gasteiger partial charge on any atom is -0.459 e. The number of imidazole rings is 1. The Morgan fingerprint density at radius 1 is 1.16 bits per heavy atom. The molecule has 2 aliphatic heterocycles. The Labute approximate surface area is 290 Å². The molecule has 1 aromatic carbocycles. The largest absolute Gasteiger partial charge is 0.459 e. The number of aryl methyl sites for hydroxylation is 1. The normalized spacial score (nSPS) is 20.8. The van der Waals surface area contributed by atoms with Gasteiger partial charge in [-0.25, -0.2) is 23.7 Å². The average molecular weight is 722 g/mol. The van der Waals surface area contributed by atoms with Crippen molar-refractivity contribution in [2.75, 3.05) is 37.8 Å². The molecule has 2 fully saturated rings. The average Bonchev–Trinajstić information content (AvgIpc) is 3.67. The van der Waals surface area contributed by atoms with Crippen LogP contribution in [0.3, 0.4) is 0 Å². The summed E-state index contributed by atoms with van der Waals surface area (Å²) in [6, 6.07) is 1.12. The standard InChI is InChI=1S/C33H37ClF5N9O2/c1-16-11-24(40)42-29(26(16)33(37,38)39)25-21(34)13-20-28(27(25)36)43-31(50-18(3)22-7-6-9-45(22)4)44-30(20)47-10-8-19(12-17(47)2)46(5)32(49)48-15-41-14-23(48)35/h11,13-15,17-19,22H,6-10,12H2,1-5H3,(H2,40,42)/t17-,18-,19?,22-/m0/s1. The molecule has 17 heteroatoms. The zero-order valence-electron chi connectivity index (χ0n) is 28.1. The van der Waals surface area contributed by atoms with E-state index in [4.69, 9.17) is 27.1 Å². The van der Waals surface area contributed by atoms with Crippen LogP contribution < -0.4 is 15.4 Å². The van der Waals surface area contributed by atoms with E-state index in [2.05, 4.69) is 19.9 Å². The van der Waals surface area contributed by atoms with E-state index < -0.39 is 46.9 Å². The highest BCUT2D eigenvalue weighted by Gasteiger charge is 2.39. The summed E-state index contributed by atoms with van der Waals surface area (Å²) in [7, 11) is 3.56. The van der Waals surface area contributed by atoms with Gasteiger partial charge in [0, 0.05) is 37.1 Å². The second-order valence-corrected chi connectivity index (χ2v) is 13.5. The van der Waals surface area contributed by atoms with Crippen LogP contribution in [0.2, 0.25) is 5.02 Å². The molecule has 0 aliphatic carbocycles. The highest BCUT2D eigenvalue weighted by molar-refractivity contribution is 6.34. The highest BCUT2D eigenvalue weighted by Crippen LogP contribution is 2.45. The van der Waals surface area contributed by atoms with Crippen LogP contribution in [-0.2, 0) is 6.18 Å². The number of nitrogen functional groups attached to an aromatic ring is 1. The number of ether oxygens (including phenoxy) is 1. The van der Waals surface area contributed by atoms with Gasteiger partial charge in [-0.2, -0.15) is 27.5 Å². The van der Waals surface area contributed by atoms with Crippen LogP contribution in [0, 0.1) is 18.7 Å². The Morgan fingerprint density at radius 3 is 2.52 bits per heavy atom. The number of likely N-dealkylation sites (tertiary alicyclic amines) is 1. The predicted molar refractivity (Wildman–Crippen MR) is 178 cm³/mol. The maximum Gasteiger partial charge on any atom is 0.418 e. The Hall–Kier alpha value is -4.31. The van der Waals surface area contributed by atoms with Gasteiger partial charge in [0.2, 0.25) is 5.95 Å². The number of carbonyl (C=O) groups excluding carboxylic acids is 1. The lowest BCUT2D eigenvalue weighted by molar-refractivity contribution is -0.137. The van der Waals surface area contributed by atoms with Crippen LogP contribution in [-0.4, -0.2) is 91.7 Å². The zero-order chi connectivity index (χ0) is 36.2. The number of fused-ring (bicyclic) bond motifs is 1. The van der Waals surface area contributed by atoms with Gasteiger partial charge in [-0.3, -0.25) is 4.90 Å². The van der Waals surface area contributed by atoms with Gasteiger partial charge in [-0.1, -0.05) is 11.6 Å². The second kappa shape index (κ2) is 13.4. The minimum atomic E-state index is -4.89. The van der Waals surface area contributed by atoms with E-state index in [1.54, 1.807) is 7.05 Å². The quantitative estimate of drug-likeness (QED) is 0.221. The van der Waals surface area contributed by atoms with Crippen LogP contribution in [0.15, 0.2) is 24.7 Å². The van der Waals surface area contributed by atoms with Gasteiger partial charge >= 0.3 is 18.2 Å². The molecular weight excluding hydrogens is 685 g/mol. The number of amides is 1. The molecule has 6 rings (SSSR count). The Bertz CT molecular complexity index is 1940. The number of carbonyl (C=O) groups is 1. The molecule has 1 amide bonds. The number of piperidine rings is 1. The van der Waals surface area contributed by atoms with Crippen LogP contribution in [0.4, 0.5) is 38.4 Å². The van der Waals surface area contributed by atoms with E-state index in [9.17, 15) is 22.4 Å². The van der Waals surface area contributed by atoms with Gasteiger partial charge in [0.1, 0.15) is 29.6 Å². The summed E-state index contributed by atoms with van der Waals surface area (Å²) in [6.07, 6.45) is -0.529. The Morgan fingerprint density at radius 2 is 1.90 bits per heavy atom. The fraction of sp³-hybridized carbons (Fsp3) is 0.485. The van der Waals surface area contributed by atoms with Gasteiger partial charge in [0.25, 0.3) is 0 Å². The lowest BCUT2D eigenvalue weighted by Gasteiger charge is -2.42. The smallest absolute Gasteiger partial charge is 0.418 e. The molecule has 3 aromatic heterocycles. The van der Waals surface area contributed by atoms with E-state index in [-0.39, 0.29) is 57.3 Å². The molecule has 5 heterocycles. The summed E-state index contributed by atoms with van der Waals surface area (Å²) in [5.41, 5.74) is 2.79. The molecule has 0 bridgehead atoms. The third-order valence-corrected chi connectivity index (χ3v) is 10.1. The van der Waals surface area contributed by atoms with Gasteiger partial charge < -0.3 is 20.3 Å². The molecule has 1 unspecified atom stereocenters. The SMILES string of the molecule is Cc1cc(N)nc(-c2c(Cl)cc3c(N4CCC(N(C)C(=O)n5cncc5F)C[C@@H]4C)nc(O[C@@H](C)[C@@H]4CCCN4C)nc3c2F)c1C(F)(F)F. The van der Waals surface area contributed by atoms with E-state index in [1.165, 1.54) is 17.9 Å². The fourth-order valence-corrected chi connectivity index (χ4v) is 7.50. The molecule has 268 valence electrons. The van der Waals surface area contributed by atoms with Crippen LogP contribution in [0.25, 0.3) is 22.2 Å². The maximum atomic E-state index is 16.8. The lowest BCUT2D eigenvalue weighted by atomic mass is 9.96. The first-order valence-corrected chi connectivity index (χ1v) is 16.6. The number of hydrogen-bond donors (Lipinski definition) is 1. The first-order chi connectivity index (χ1) is 23.6. The molecule has 4 aromatic rings. The number of halogens is 6. The van der Waals surface area contributed by atoms with Crippen LogP contribution in [0.5, 0.6) is 6.01 Å². The van der Waals surface area contributed by atoms with Crippen molar-refractivity contribution < 1.29 is 31.5 Å². The van der Waals surface area contributed by atoms with Gasteiger partial charge in [-0.15, -0.1) is 0 Å². The molecule has 0 saturated carbocycles. The summed E-state index contributed by atoms with van der Waals surface area (Å²) in [5.74, 6) is -1.89. The Balaban J connectivity index is 1.44. The predicted octanol–water partition coefficient (Wildman–Crippen LogP) is 6.55. The third kappa shape index (κ3) is 6.50. The molecule has 2 N–H and O–H groups in total. The zero-order valence-corrected chi connectivity index (χ0v) is 28.9. The first kappa shape index (κ1) is 35.5. The number of alkyl halides is 3. The van der Waals surface area contributed by atoms with Crippen molar-refractivity contribution in [3.63, 3.8) is 0 Å². The molecule has 4 atom stereocenters. The summed E-state index contributed by atoms with van der Waals surface area (Å²) < 4.78 is 81.0. The highest BCUT2D eigenvalue weighted by atomic mass is 35.5. The Kier molecular flexibility index (Phi) is 9.54. The van der Waals surface area contributed by atoms with Gasteiger partial charge in [-0.05, 0) is 77.7 Å². The van der Waals surface area contributed by atoms with Crippen molar-refractivity contribution in [3.8, 4) is 17.3 Å². The summed E-state index contributed by atoms with van der Waals surface area (Å²) in [5, 5.41) is -0.189. The second-order valence-electron chi connectivity index (χ2n) is 13.1. The minimum absolute atomic E-state index is 0.0419. The number of rotatable bonds is 6. The number of hydrogen-bond acceptors (Lipinski definition) is 9. The van der Waals surface area contributed by atoms with E-state index in [0.29, 0.717) is 19.4 Å². The number of nitrogens with two attached hydrogens (primary N) is 1. The number of benzene rings is 1. The van der Waals surface area contributed by atoms with E-state index in [1.807, 2.05) is 25.8 Å². The fourth-order valence-electron chi connectivity index (χ4n) is 7.22. The number of anilines is 2. The summed E-state index contributed by atoms with van der Waals surface area (Å²) in [4.78, 5) is 35.2. The molecule has 50 heavy (non-hydrogen) atoms. The van der Waals surface area contributed by atoms with Crippen molar-refractivity contribution in [2.45, 2.75) is 76.9 Å². The van der Waals surface area contributed by atoms with Gasteiger partial charge in [0.05, 0.1) is 28.0 Å². The van der Waals surface area contributed by atoms with Gasteiger partial charge in [0.15, 0.2) is 5.82 Å². The topological polar surface area (TPSA) is 119 Å². The third-order valence-electron chi connectivity index (χ3n) is 9.78. The van der Waals surface area contributed by atoms with Crippen molar-refractivity contribution in [1.29, 1.82) is 0 Å². The molecule has 0 radical (unpaired) electrons. The molecule has 11 nitrogen and oxygen atoms in total. The van der Waals surface area contributed by atoms with Crippen molar-refractivity contribution in [2.24, 2.45) is 0 Å². The maximum absolute atomic E-state index is 16.8. The molecule has 0 spiro atoms. The van der Waals surface area contributed by atoms with E-state index in [0.717, 1.165) is 42.5 Å². The number of pyridine rings is 1. The van der Waals surface area contributed by atoms with Crippen molar-refractivity contribution in [3.05, 3.63) is 52.6 Å². The lowest BCUT2D eigenvalue weighted by Crippen LogP contribution is -2.50. The summed E-state index contributed by atoms with van der Waals surface area (Å²) >= 11 is 6.62.